The summed E-state index contributed by atoms with van der Waals surface area (Å²) in [5.74, 6) is 0.291. The summed E-state index contributed by atoms with van der Waals surface area (Å²) in [7, 11) is 1.77. The molecule has 0 saturated heterocycles. The third kappa shape index (κ3) is 6.25. The quantitative estimate of drug-likeness (QED) is 0.444. The Kier molecular flexibility index (Phi) is 9.71. The topological polar surface area (TPSA) is 108 Å². The van der Waals surface area contributed by atoms with Crippen molar-refractivity contribution in [3.63, 3.8) is 0 Å². The third-order valence-corrected chi connectivity index (χ3v) is 5.26. The van der Waals surface area contributed by atoms with E-state index >= 15 is 0 Å². The van der Waals surface area contributed by atoms with Crippen LogP contribution in [0, 0.1) is 6.92 Å². The zero-order chi connectivity index (χ0) is 23.3. The van der Waals surface area contributed by atoms with Gasteiger partial charge in [0.25, 0.3) is 5.56 Å². The molecule has 0 bridgehead atoms. The Balaban J connectivity index is 0.00000385. The number of benzene rings is 1. The molecule has 10 heteroatoms. The number of hydrogen-bond acceptors (Lipinski definition) is 6. The summed E-state index contributed by atoms with van der Waals surface area (Å²) in [4.78, 5) is 28.9. The maximum absolute atomic E-state index is 13.0. The van der Waals surface area contributed by atoms with Gasteiger partial charge >= 0.3 is 24.8 Å². The number of hydrogen-bond donors (Lipinski definition) is 1. The van der Waals surface area contributed by atoms with E-state index in [1.165, 1.54) is 0 Å². The van der Waals surface area contributed by atoms with Crippen molar-refractivity contribution in [3.05, 3.63) is 51.7 Å². The van der Waals surface area contributed by atoms with Crippen molar-refractivity contribution in [2.75, 3.05) is 13.2 Å². The molecule has 1 unspecified atom stereocenters. The predicted molar refractivity (Wildman–Crippen MR) is 127 cm³/mol. The van der Waals surface area contributed by atoms with Crippen molar-refractivity contribution >= 4 is 35.9 Å². The SMILES string of the molecule is CCCc1nn(C)c2c(=O)n(CCOc3ccc(CC(OCC)C(=O)O)cc3)c(C)nc12.[LiH]. The first-order valence-electron chi connectivity index (χ1n) is 10.8. The molecular formula is C23H31LiN4O5. The molecule has 33 heavy (non-hydrogen) atoms. The third-order valence-electron chi connectivity index (χ3n) is 5.26. The molecule has 0 aliphatic carbocycles. The Hall–Kier alpha value is -2.60. The number of rotatable bonds is 11. The fourth-order valence-electron chi connectivity index (χ4n) is 3.70. The zero-order valence-electron chi connectivity index (χ0n) is 19.0. The molecule has 0 radical (unpaired) electrons. The molecule has 1 N–H and O–H groups in total. The van der Waals surface area contributed by atoms with Gasteiger partial charge in [0.2, 0.25) is 0 Å². The number of carboxylic acid groups (broad SMARTS) is 1. The first-order chi connectivity index (χ1) is 15.3. The summed E-state index contributed by atoms with van der Waals surface area (Å²) >= 11 is 0. The first kappa shape index (κ1) is 26.6. The number of carbonyl (C=O) groups is 1. The van der Waals surface area contributed by atoms with Crippen molar-refractivity contribution in [1.82, 2.24) is 19.3 Å². The maximum atomic E-state index is 13.0. The molecular weight excluding hydrogens is 419 g/mol. The van der Waals surface area contributed by atoms with E-state index < -0.39 is 12.1 Å². The molecule has 0 amide bonds. The van der Waals surface area contributed by atoms with Crippen LogP contribution in [0.5, 0.6) is 5.75 Å². The van der Waals surface area contributed by atoms with Gasteiger partial charge in [0.1, 0.15) is 23.7 Å². The van der Waals surface area contributed by atoms with Gasteiger partial charge in [-0.15, -0.1) is 0 Å². The molecule has 2 aromatic heterocycles. The predicted octanol–water partition coefficient (Wildman–Crippen LogP) is 1.85. The number of aromatic nitrogens is 4. The molecule has 1 aromatic carbocycles. The number of aliphatic carboxylic acids is 1. The van der Waals surface area contributed by atoms with Crippen LogP contribution in [0.1, 0.15) is 37.4 Å². The van der Waals surface area contributed by atoms with Gasteiger partial charge < -0.3 is 14.6 Å². The molecule has 0 aliphatic heterocycles. The van der Waals surface area contributed by atoms with Crippen LogP contribution in [0.4, 0.5) is 0 Å². The van der Waals surface area contributed by atoms with Crippen molar-refractivity contribution in [2.45, 2.75) is 52.7 Å². The van der Waals surface area contributed by atoms with E-state index in [9.17, 15) is 14.7 Å². The number of nitrogens with zero attached hydrogens (tertiary/aromatic N) is 4. The van der Waals surface area contributed by atoms with Gasteiger partial charge in [0.15, 0.2) is 11.6 Å². The fourth-order valence-corrected chi connectivity index (χ4v) is 3.70. The average molecular weight is 450 g/mol. The second kappa shape index (κ2) is 12.0. The van der Waals surface area contributed by atoms with Crippen molar-refractivity contribution in [2.24, 2.45) is 7.05 Å². The van der Waals surface area contributed by atoms with Crippen molar-refractivity contribution < 1.29 is 19.4 Å². The minimum atomic E-state index is -0.978. The van der Waals surface area contributed by atoms with E-state index in [-0.39, 0.29) is 30.8 Å². The van der Waals surface area contributed by atoms with Crippen molar-refractivity contribution in [1.29, 1.82) is 0 Å². The van der Waals surface area contributed by atoms with Gasteiger partial charge in [-0.05, 0) is 38.0 Å². The Morgan fingerprint density at radius 2 is 1.91 bits per heavy atom. The van der Waals surface area contributed by atoms with Crippen LogP contribution >= 0.6 is 0 Å². The van der Waals surface area contributed by atoms with E-state index in [1.807, 2.05) is 19.1 Å². The van der Waals surface area contributed by atoms with Crippen molar-refractivity contribution in [3.8, 4) is 5.75 Å². The van der Waals surface area contributed by atoms with Crippen LogP contribution in [0.2, 0.25) is 0 Å². The van der Waals surface area contributed by atoms with E-state index in [0.29, 0.717) is 42.4 Å². The van der Waals surface area contributed by atoms with Gasteiger partial charge in [-0.3, -0.25) is 14.0 Å². The second-order valence-electron chi connectivity index (χ2n) is 7.61. The Bertz CT molecular complexity index is 1140. The van der Waals surface area contributed by atoms with Gasteiger partial charge in [0.05, 0.1) is 12.2 Å². The van der Waals surface area contributed by atoms with Crippen LogP contribution in [0.25, 0.3) is 11.0 Å². The van der Waals surface area contributed by atoms with Crippen LogP contribution in [0.3, 0.4) is 0 Å². The molecule has 0 aliphatic rings. The van der Waals surface area contributed by atoms with Crippen LogP contribution in [-0.2, 0) is 36.0 Å². The standard InChI is InChI=1S/C23H30N4O5.Li.H/c1-5-7-18-20-21(26(4)25-18)22(28)27(15(3)24-20)12-13-32-17-10-8-16(9-11-17)14-19(23(29)30)31-6-2;;/h8-11,19H,5-7,12-14H2,1-4H3,(H,29,30);;. The summed E-state index contributed by atoms with van der Waals surface area (Å²) in [6, 6.07) is 7.21. The second-order valence-corrected chi connectivity index (χ2v) is 7.61. The van der Waals surface area contributed by atoms with E-state index in [1.54, 1.807) is 35.4 Å². The molecule has 174 valence electrons. The fraction of sp³-hybridized carbons (Fsp3) is 0.478. The molecule has 9 nitrogen and oxygen atoms in total. The Morgan fingerprint density at radius 1 is 1.21 bits per heavy atom. The zero-order valence-corrected chi connectivity index (χ0v) is 19.0. The molecule has 0 spiro atoms. The number of ether oxygens (including phenoxy) is 2. The normalized spacial score (nSPS) is 11.9. The van der Waals surface area contributed by atoms with E-state index in [2.05, 4.69) is 17.0 Å². The van der Waals surface area contributed by atoms with Gasteiger partial charge in [-0.25, -0.2) is 9.78 Å². The van der Waals surface area contributed by atoms with Gasteiger partial charge in [-0.2, -0.15) is 5.10 Å². The van der Waals surface area contributed by atoms with Crippen LogP contribution < -0.4 is 10.3 Å². The molecule has 0 fully saturated rings. The Morgan fingerprint density at radius 3 is 2.52 bits per heavy atom. The van der Waals surface area contributed by atoms with Gasteiger partial charge in [0, 0.05) is 20.1 Å². The molecule has 3 aromatic rings. The molecule has 1 atom stereocenters. The number of aryl methyl sites for hydroxylation is 3. The van der Waals surface area contributed by atoms with E-state index in [4.69, 9.17) is 9.47 Å². The monoisotopic (exact) mass is 450 g/mol. The van der Waals surface area contributed by atoms with Crippen LogP contribution in [0.15, 0.2) is 29.1 Å². The molecule has 2 heterocycles. The number of fused-ring (bicyclic) bond motifs is 1. The minimum absolute atomic E-state index is 0. The summed E-state index contributed by atoms with van der Waals surface area (Å²) in [5, 5.41) is 13.7. The van der Waals surface area contributed by atoms with Crippen LogP contribution in [-0.4, -0.2) is 68.6 Å². The number of carboxylic acids is 1. The summed E-state index contributed by atoms with van der Waals surface area (Å²) in [6.07, 6.45) is 1.14. The summed E-state index contributed by atoms with van der Waals surface area (Å²) < 4.78 is 14.3. The van der Waals surface area contributed by atoms with E-state index in [0.717, 1.165) is 24.1 Å². The Labute approximate surface area is 204 Å². The van der Waals surface area contributed by atoms with Gasteiger partial charge in [-0.1, -0.05) is 25.5 Å². The summed E-state index contributed by atoms with van der Waals surface area (Å²) in [6.45, 7) is 6.65. The average Bonchev–Trinajstić information content (AvgIpc) is 3.06. The molecule has 3 rings (SSSR count). The molecule has 0 saturated carbocycles. The first-order valence-corrected chi connectivity index (χ1v) is 10.8. The summed E-state index contributed by atoms with van der Waals surface area (Å²) in [5.41, 5.74) is 2.75.